The number of hydrogen-bond acceptors (Lipinski definition) is 3. The summed E-state index contributed by atoms with van der Waals surface area (Å²) < 4.78 is 5.69. The number of ether oxygens (including phenoxy) is 1. The molecule has 4 heteroatoms. The van der Waals surface area contributed by atoms with Crippen LogP contribution in [-0.2, 0) is 0 Å². The molecule has 1 N–H and O–H groups in total. The van der Waals surface area contributed by atoms with Gasteiger partial charge in [0.1, 0.15) is 5.75 Å². The van der Waals surface area contributed by atoms with Gasteiger partial charge in [-0.25, -0.2) is 0 Å². The second-order valence-corrected chi connectivity index (χ2v) is 5.84. The molecule has 1 aromatic rings. The quantitative estimate of drug-likeness (QED) is 0.876. The fourth-order valence-corrected chi connectivity index (χ4v) is 2.74. The first-order chi connectivity index (χ1) is 10.1. The van der Waals surface area contributed by atoms with Crippen molar-refractivity contribution >= 4 is 5.91 Å². The molecular formula is C17H26N2O2. The summed E-state index contributed by atoms with van der Waals surface area (Å²) in [5.74, 6) is 0.872. The van der Waals surface area contributed by atoms with Crippen LogP contribution < -0.4 is 10.1 Å². The number of hydrogen-bond donors (Lipinski definition) is 1. The molecule has 0 saturated carbocycles. The molecule has 1 aromatic carbocycles. The minimum atomic E-state index is 0.111. The van der Waals surface area contributed by atoms with E-state index in [9.17, 15) is 4.79 Å². The van der Waals surface area contributed by atoms with E-state index in [2.05, 4.69) is 12.2 Å². The van der Waals surface area contributed by atoms with Gasteiger partial charge in [-0.05, 0) is 51.4 Å². The summed E-state index contributed by atoms with van der Waals surface area (Å²) in [6, 6.07) is 7.83. The van der Waals surface area contributed by atoms with Gasteiger partial charge in [0.25, 0.3) is 5.91 Å². The summed E-state index contributed by atoms with van der Waals surface area (Å²) in [6.07, 6.45) is 2.12. The summed E-state index contributed by atoms with van der Waals surface area (Å²) in [4.78, 5) is 14.8. The number of nitrogens with zero attached hydrogens (tertiary/aromatic N) is 1. The van der Waals surface area contributed by atoms with Crippen LogP contribution in [0.5, 0.6) is 5.75 Å². The summed E-state index contributed by atoms with van der Waals surface area (Å²) in [6.45, 7) is 8.79. The van der Waals surface area contributed by atoms with Crippen LogP contribution in [0.3, 0.4) is 0 Å². The lowest BCUT2D eigenvalue weighted by Gasteiger charge is -2.28. The Bertz CT molecular complexity index is 468. The third-order valence-electron chi connectivity index (χ3n) is 3.65. The van der Waals surface area contributed by atoms with Crippen molar-refractivity contribution in [1.29, 1.82) is 0 Å². The molecule has 1 saturated heterocycles. The molecule has 2 rings (SSSR count). The lowest BCUT2D eigenvalue weighted by molar-refractivity contribution is 0.0691. The van der Waals surface area contributed by atoms with Crippen molar-refractivity contribution in [3.8, 4) is 5.75 Å². The predicted octanol–water partition coefficient (Wildman–Crippen LogP) is 2.69. The third-order valence-corrected chi connectivity index (χ3v) is 3.65. The zero-order chi connectivity index (χ0) is 15.2. The summed E-state index contributed by atoms with van der Waals surface area (Å²) in [5.41, 5.74) is 0.716. The van der Waals surface area contributed by atoms with Gasteiger partial charge in [0.05, 0.1) is 6.10 Å². The van der Waals surface area contributed by atoms with Gasteiger partial charge >= 0.3 is 0 Å². The monoisotopic (exact) mass is 290 g/mol. The Kier molecular flexibility index (Phi) is 5.62. The molecule has 0 aliphatic carbocycles. The van der Waals surface area contributed by atoms with E-state index in [0.717, 1.165) is 38.2 Å². The molecule has 0 aromatic heterocycles. The third kappa shape index (κ3) is 4.21. The van der Waals surface area contributed by atoms with E-state index in [1.807, 2.05) is 43.0 Å². The van der Waals surface area contributed by atoms with Crippen molar-refractivity contribution in [2.75, 3.05) is 19.6 Å². The SMILES string of the molecule is CCCN(C(=O)c1cccc(OC(C)C)c1)C1CCNC1. The van der Waals surface area contributed by atoms with Crippen LogP contribution in [0.15, 0.2) is 24.3 Å². The van der Waals surface area contributed by atoms with Gasteiger partial charge in [-0.1, -0.05) is 13.0 Å². The highest BCUT2D eigenvalue weighted by Crippen LogP contribution is 2.19. The first-order valence-electron chi connectivity index (χ1n) is 7.90. The number of nitrogens with one attached hydrogen (secondary N) is 1. The Morgan fingerprint density at radius 2 is 2.29 bits per heavy atom. The molecule has 1 unspecified atom stereocenters. The number of amides is 1. The molecule has 21 heavy (non-hydrogen) atoms. The van der Waals surface area contributed by atoms with Crippen molar-refractivity contribution in [2.24, 2.45) is 0 Å². The Hall–Kier alpha value is -1.55. The van der Waals surface area contributed by atoms with Crippen LogP contribution in [0.2, 0.25) is 0 Å². The van der Waals surface area contributed by atoms with E-state index in [1.54, 1.807) is 0 Å². The van der Waals surface area contributed by atoms with E-state index in [1.165, 1.54) is 0 Å². The molecule has 1 amide bonds. The fraction of sp³-hybridized carbons (Fsp3) is 0.588. The van der Waals surface area contributed by atoms with E-state index < -0.39 is 0 Å². The van der Waals surface area contributed by atoms with Crippen molar-refractivity contribution in [2.45, 2.75) is 45.8 Å². The molecule has 1 aliphatic rings. The normalized spacial score (nSPS) is 18.0. The Balaban J connectivity index is 2.15. The van der Waals surface area contributed by atoms with Crippen molar-refractivity contribution in [3.05, 3.63) is 29.8 Å². The first-order valence-corrected chi connectivity index (χ1v) is 7.90. The van der Waals surface area contributed by atoms with Crippen molar-refractivity contribution in [3.63, 3.8) is 0 Å². The number of carbonyl (C=O) groups excluding carboxylic acids is 1. The molecule has 0 bridgehead atoms. The van der Waals surface area contributed by atoms with Gasteiger partial charge in [-0.3, -0.25) is 4.79 Å². The lowest BCUT2D eigenvalue weighted by atomic mass is 10.1. The maximum atomic E-state index is 12.8. The predicted molar refractivity (Wildman–Crippen MR) is 84.8 cm³/mol. The number of carbonyl (C=O) groups is 1. The molecule has 0 radical (unpaired) electrons. The highest BCUT2D eigenvalue weighted by atomic mass is 16.5. The second-order valence-electron chi connectivity index (χ2n) is 5.84. The van der Waals surface area contributed by atoms with Crippen LogP contribution in [0, 0.1) is 0 Å². The summed E-state index contributed by atoms with van der Waals surface area (Å²) in [5, 5.41) is 3.34. The lowest BCUT2D eigenvalue weighted by Crippen LogP contribution is -2.42. The van der Waals surface area contributed by atoms with Crippen LogP contribution in [0.25, 0.3) is 0 Å². The largest absolute Gasteiger partial charge is 0.491 e. The Labute approximate surface area is 127 Å². The topological polar surface area (TPSA) is 41.6 Å². The maximum absolute atomic E-state index is 12.8. The smallest absolute Gasteiger partial charge is 0.254 e. The average Bonchev–Trinajstić information content (AvgIpc) is 2.97. The van der Waals surface area contributed by atoms with Gasteiger partial charge in [-0.2, -0.15) is 0 Å². The minimum absolute atomic E-state index is 0.111. The summed E-state index contributed by atoms with van der Waals surface area (Å²) in [7, 11) is 0. The first kappa shape index (κ1) is 15.8. The van der Waals surface area contributed by atoms with Crippen LogP contribution in [-0.4, -0.2) is 42.6 Å². The molecule has 116 valence electrons. The van der Waals surface area contributed by atoms with Crippen LogP contribution >= 0.6 is 0 Å². The van der Waals surface area contributed by atoms with E-state index in [-0.39, 0.29) is 12.0 Å². The van der Waals surface area contributed by atoms with Gasteiger partial charge in [-0.15, -0.1) is 0 Å². The minimum Gasteiger partial charge on any atom is -0.491 e. The van der Waals surface area contributed by atoms with Crippen LogP contribution in [0.1, 0.15) is 44.0 Å². The fourth-order valence-electron chi connectivity index (χ4n) is 2.74. The number of rotatable bonds is 6. The molecular weight excluding hydrogens is 264 g/mol. The van der Waals surface area contributed by atoms with E-state index >= 15 is 0 Å². The zero-order valence-electron chi connectivity index (χ0n) is 13.3. The second kappa shape index (κ2) is 7.46. The van der Waals surface area contributed by atoms with Gasteiger partial charge in [0, 0.05) is 24.7 Å². The zero-order valence-corrected chi connectivity index (χ0v) is 13.3. The summed E-state index contributed by atoms with van der Waals surface area (Å²) >= 11 is 0. The molecule has 1 atom stereocenters. The molecule has 0 spiro atoms. The Morgan fingerprint density at radius 1 is 1.48 bits per heavy atom. The van der Waals surface area contributed by atoms with Crippen molar-refractivity contribution < 1.29 is 9.53 Å². The van der Waals surface area contributed by atoms with E-state index in [4.69, 9.17) is 4.74 Å². The number of benzene rings is 1. The highest BCUT2D eigenvalue weighted by molar-refractivity contribution is 5.94. The standard InChI is InChI=1S/C17H26N2O2/c1-4-10-19(15-8-9-18-12-15)17(20)14-6-5-7-16(11-14)21-13(2)3/h5-7,11,13,15,18H,4,8-10,12H2,1-3H3. The van der Waals surface area contributed by atoms with Gasteiger partial charge < -0.3 is 15.0 Å². The highest BCUT2D eigenvalue weighted by Gasteiger charge is 2.26. The molecule has 1 aliphatic heterocycles. The van der Waals surface area contributed by atoms with Crippen molar-refractivity contribution in [1.82, 2.24) is 10.2 Å². The van der Waals surface area contributed by atoms with Gasteiger partial charge in [0.15, 0.2) is 0 Å². The maximum Gasteiger partial charge on any atom is 0.254 e. The van der Waals surface area contributed by atoms with E-state index in [0.29, 0.717) is 11.6 Å². The average molecular weight is 290 g/mol. The molecule has 1 heterocycles. The Morgan fingerprint density at radius 3 is 2.90 bits per heavy atom. The molecule has 1 fully saturated rings. The molecule has 4 nitrogen and oxygen atoms in total. The van der Waals surface area contributed by atoms with Crippen LogP contribution in [0.4, 0.5) is 0 Å². The van der Waals surface area contributed by atoms with Gasteiger partial charge in [0.2, 0.25) is 0 Å².